The fourth-order valence-corrected chi connectivity index (χ4v) is 2.77. The van der Waals surface area contributed by atoms with Crippen LogP contribution in [0.1, 0.15) is 25.7 Å². The predicted octanol–water partition coefficient (Wildman–Crippen LogP) is 1.27. The van der Waals surface area contributed by atoms with E-state index in [1.807, 2.05) is 6.07 Å². The first-order valence-electron chi connectivity index (χ1n) is 7.17. The van der Waals surface area contributed by atoms with Crippen molar-refractivity contribution >= 4 is 5.97 Å². The van der Waals surface area contributed by atoms with Gasteiger partial charge in [-0.3, -0.25) is 14.5 Å². The maximum absolute atomic E-state index is 11.7. The topological polar surface area (TPSA) is 51.5 Å². The van der Waals surface area contributed by atoms with Gasteiger partial charge in [0.05, 0.1) is 13.7 Å². The highest BCUT2D eigenvalue weighted by molar-refractivity contribution is 5.71. The van der Waals surface area contributed by atoms with Crippen molar-refractivity contribution < 1.29 is 9.53 Å². The van der Waals surface area contributed by atoms with Crippen molar-refractivity contribution in [2.45, 2.75) is 38.3 Å². The Morgan fingerprint density at radius 3 is 2.80 bits per heavy atom. The Kier molecular flexibility index (Phi) is 5.35. The summed E-state index contributed by atoms with van der Waals surface area (Å²) in [5.41, 5.74) is -0.00283. The number of methoxy groups -OCH3 is 1. The highest BCUT2D eigenvalue weighted by Gasteiger charge is 2.24. The van der Waals surface area contributed by atoms with E-state index < -0.39 is 0 Å². The number of nitrogens with zero attached hydrogens (tertiary/aromatic N) is 2. The van der Waals surface area contributed by atoms with Crippen LogP contribution >= 0.6 is 0 Å². The number of rotatable bonds is 6. The van der Waals surface area contributed by atoms with Crippen LogP contribution in [0.2, 0.25) is 0 Å². The van der Waals surface area contributed by atoms with Crippen molar-refractivity contribution in [3.05, 3.63) is 34.7 Å². The minimum Gasteiger partial charge on any atom is -0.468 e. The Morgan fingerprint density at radius 2 is 2.15 bits per heavy atom. The molecule has 0 radical (unpaired) electrons. The van der Waals surface area contributed by atoms with E-state index in [1.165, 1.54) is 20.0 Å². The Morgan fingerprint density at radius 1 is 1.40 bits per heavy atom. The third-order valence-electron chi connectivity index (χ3n) is 3.93. The zero-order valence-electron chi connectivity index (χ0n) is 12.0. The molecule has 0 N–H and O–H groups in total. The van der Waals surface area contributed by atoms with Crippen LogP contribution in [0.3, 0.4) is 0 Å². The summed E-state index contributed by atoms with van der Waals surface area (Å²) in [6.07, 6.45) is 6.47. The number of ether oxygens (including phenoxy) is 1. The number of esters is 1. The molecular formula is C15H22N2O3. The van der Waals surface area contributed by atoms with Crippen LogP contribution in [0.15, 0.2) is 29.2 Å². The third-order valence-corrected chi connectivity index (χ3v) is 3.93. The fourth-order valence-electron chi connectivity index (χ4n) is 2.77. The maximum Gasteiger partial charge on any atom is 0.319 e. The van der Waals surface area contributed by atoms with Crippen LogP contribution in [0, 0.1) is 0 Å². The van der Waals surface area contributed by atoms with Gasteiger partial charge in [-0.05, 0) is 18.9 Å². The first kappa shape index (κ1) is 14.8. The largest absolute Gasteiger partial charge is 0.468 e. The third kappa shape index (κ3) is 3.93. The minimum atomic E-state index is -0.211. The number of hydrogen-bond donors (Lipinski definition) is 0. The van der Waals surface area contributed by atoms with Crippen molar-refractivity contribution in [1.29, 1.82) is 0 Å². The van der Waals surface area contributed by atoms with Crippen LogP contribution in [-0.2, 0) is 16.1 Å². The molecule has 0 saturated heterocycles. The summed E-state index contributed by atoms with van der Waals surface area (Å²) in [7, 11) is 1.41. The number of hydrogen-bond acceptors (Lipinski definition) is 4. The van der Waals surface area contributed by atoms with Gasteiger partial charge in [0, 0.05) is 31.4 Å². The van der Waals surface area contributed by atoms with Crippen molar-refractivity contribution in [2.24, 2.45) is 0 Å². The molecule has 1 saturated carbocycles. The first-order valence-corrected chi connectivity index (χ1v) is 7.17. The molecule has 0 aromatic carbocycles. The van der Waals surface area contributed by atoms with E-state index in [9.17, 15) is 9.59 Å². The molecule has 1 aliphatic rings. The lowest BCUT2D eigenvalue weighted by Crippen LogP contribution is -2.40. The molecule has 1 aliphatic carbocycles. The van der Waals surface area contributed by atoms with Gasteiger partial charge in [-0.15, -0.1) is 0 Å². The van der Waals surface area contributed by atoms with Crippen LogP contribution in [0.5, 0.6) is 0 Å². The second-order valence-electron chi connectivity index (χ2n) is 5.22. The molecule has 0 aliphatic heterocycles. The number of pyridine rings is 1. The molecule has 5 heteroatoms. The Labute approximate surface area is 119 Å². The second kappa shape index (κ2) is 7.24. The smallest absolute Gasteiger partial charge is 0.319 e. The van der Waals surface area contributed by atoms with E-state index in [4.69, 9.17) is 4.74 Å². The lowest BCUT2D eigenvalue weighted by molar-refractivity contribution is -0.142. The van der Waals surface area contributed by atoms with Crippen molar-refractivity contribution in [3.63, 3.8) is 0 Å². The number of aromatic nitrogens is 1. The molecule has 1 aromatic heterocycles. The maximum atomic E-state index is 11.7. The van der Waals surface area contributed by atoms with Gasteiger partial charge in [0.2, 0.25) is 0 Å². The normalized spacial score (nSPS) is 15.7. The Bertz CT molecular complexity index is 492. The standard InChI is InChI=1S/C15H22N2O3/c1-20-15(19)12-17(13-6-2-3-7-13)11-10-16-9-5-4-8-14(16)18/h4-5,8-9,13H,2-3,6-7,10-12H2,1H3. The van der Waals surface area contributed by atoms with Gasteiger partial charge in [0.15, 0.2) is 0 Å². The lowest BCUT2D eigenvalue weighted by atomic mass is 10.2. The molecule has 110 valence electrons. The van der Waals surface area contributed by atoms with Gasteiger partial charge in [0.1, 0.15) is 0 Å². The van der Waals surface area contributed by atoms with E-state index in [-0.39, 0.29) is 11.5 Å². The zero-order valence-corrected chi connectivity index (χ0v) is 12.0. The van der Waals surface area contributed by atoms with Crippen molar-refractivity contribution in [1.82, 2.24) is 9.47 Å². The number of carbonyl (C=O) groups is 1. The average molecular weight is 278 g/mol. The molecule has 20 heavy (non-hydrogen) atoms. The highest BCUT2D eigenvalue weighted by atomic mass is 16.5. The molecule has 1 fully saturated rings. The monoisotopic (exact) mass is 278 g/mol. The minimum absolute atomic E-state index is 0.00283. The van der Waals surface area contributed by atoms with E-state index in [0.717, 1.165) is 12.8 Å². The molecule has 0 unspecified atom stereocenters. The van der Waals surface area contributed by atoms with Crippen molar-refractivity contribution in [2.75, 3.05) is 20.2 Å². The summed E-state index contributed by atoms with van der Waals surface area (Å²) in [6, 6.07) is 5.58. The van der Waals surface area contributed by atoms with Gasteiger partial charge in [-0.1, -0.05) is 18.9 Å². The van der Waals surface area contributed by atoms with Crippen LogP contribution < -0.4 is 5.56 Å². The zero-order chi connectivity index (χ0) is 14.4. The molecule has 0 atom stereocenters. The van der Waals surface area contributed by atoms with Crippen molar-refractivity contribution in [3.8, 4) is 0 Å². The van der Waals surface area contributed by atoms with E-state index in [1.54, 1.807) is 22.9 Å². The van der Waals surface area contributed by atoms with Crippen LogP contribution in [-0.4, -0.2) is 41.7 Å². The summed E-state index contributed by atoms with van der Waals surface area (Å²) in [5.74, 6) is -0.211. The highest BCUT2D eigenvalue weighted by Crippen LogP contribution is 2.23. The molecular weight excluding hydrogens is 256 g/mol. The van der Waals surface area contributed by atoms with E-state index >= 15 is 0 Å². The molecule has 0 bridgehead atoms. The van der Waals surface area contributed by atoms with Crippen LogP contribution in [0.4, 0.5) is 0 Å². The van der Waals surface area contributed by atoms with Gasteiger partial charge < -0.3 is 9.30 Å². The van der Waals surface area contributed by atoms with E-state index in [2.05, 4.69) is 4.90 Å². The fraction of sp³-hybridized carbons (Fsp3) is 0.600. The van der Waals surface area contributed by atoms with Gasteiger partial charge in [-0.2, -0.15) is 0 Å². The second-order valence-corrected chi connectivity index (χ2v) is 5.22. The van der Waals surface area contributed by atoms with Gasteiger partial charge in [-0.25, -0.2) is 0 Å². The summed E-state index contributed by atoms with van der Waals surface area (Å²) < 4.78 is 6.45. The molecule has 5 nitrogen and oxygen atoms in total. The van der Waals surface area contributed by atoms with Gasteiger partial charge in [0.25, 0.3) is 5.56 Å². The Balaban J connectivity index is 1.98. The Hall–Kier alpha value is -1.62. The van der Waals surface area contributed by atoms with Crippen LogP contribution in [0.25, 0.3) is 0 Å². The summed E-state index contributed by atoms with van der Waals surface area (Å²) in [5, 5.41) is 0. The lowest BCUT2D eigenvalue weighted by Gasteiger charge is -2.27. The summed E-state index contributed by atoms with van der Waals surface area (Å²) in [4.78, 5) is 25.4. The van der Waals surface area contributed by atoms with Gasteiger partial charge >= 0.3 is 5.97 Å². The molecule has 1 heterocycles. The SMILES string of the molecule is COC(=O)CN(CCn1ccccc1=O)C1CCCC1. The quantitative estimate of drug-likeness (QED) is 0.735. The molecule has 0 amide bonds. The number of carbonyl (C=O) groups excluding carboxylic acids is 1. The summed E-state index contributed by atoms with van der Waals surface area (Å²) in [6.45, 7) is 1.61. The van der Waals surface area contributed by atoms with E-state index in [0.29, 0.717) is 25.7 Å². The summed E-state index contributed by atoms with van der Waals surface area (Å²) >= 11 is 0. The molecule has 1 aromatic rings. The average Bonchev–Trinajstić information content (AvgIpc) is 2.98. The first-order chi connectivity index (χ1) is 9.70. The molecule has 2 rings (SSSR count). The predicted molar refractivity (Wildman–Crippen MR) is 76.5 cm³/mol. The molecule has 0 spiro atoms.